The normalized spacial score (nSPS) is 55.7. The van der Waals surface area contributed by atoms with E-state index in [-0.39, 0.29) is 0 Å². The molecule has 4 aliphatic rings. The van der Waals surface area contributed by atoms with E-state index in [0.717, 1.165) is 23.7 Å². The Labute approximate surface area is 87.4 Å². The predicted molar refractivity (Wildman–Crippen MR) is 58.8 cm³/mol. The van der Waals surface area contributed by atoms with Crippen molar-refractivity contribution in [1.82, 2.24) is 0 Å². The topological polar surface area (TPSA) is 26.0 Å². The Morgan fingerprint density at radius 3 is 2.14 bits per heavy atom. The summed E-state index contributed by atoms with van der Waals surface area (Å²) in [7, 11) is 0. The summed E-state index contributed by atoms with van der Waals surface area (Å²) in [6.07, 6.45) is 7.31. The third kappa shape index (κ3) is 1.05. The maximum absolute atomic E-state index is 6.33. The lowest BCUT2D eigenvalue weighted by molar-refractivity contribution is -0.0910. The number of nitrogens with two attached hydrogens (primary N) is 1. The maximum Gasteiger partial charge on any atom is 0.00962 e. The van der Waals surface area contributed by atoms with Gasteiger partial charge in [0, 0.05) is 6.04 Å². The van der Waals surface area contributed by atoms with Gasteiger partial charge in [-0.25, -0.2) is 0 Å². The molecular formula is C13H23N. The fourth-order valence-electron chi connectivity index (χ4n) is 4.83. The van der Waals surface area contributed by atoms with Gasteiger partial charge in [-0.3, -0.25) is 0 Å². The zero-order chi connectivity index (χ0) is 9.92. The van der Waals surface area contributed by atoms with Crippen LogP contribution in [0.4, 0.5) is 0 Å². The van der Waals surface area contributed by atoms with Crippen molar-refractivity contribution in [3.8, 4) is 0 Å². The number of hydrogen-bond acceptors (Lipinski definition) is 1. The predicted octanol–water partition coefficient (Wildman–Crippen LogP) is 2.80. The minimum Gasteiger partial charge on any atom is -0.327 e. The molecule has 0 amide bonds. The summed E-state index contributed by atoms with van der Waals surface area (Å²) in [5.41, 5.74) is 7.03. The monoisotopic (exact) mass is 193 g/mol. The average Bonchev–Trinajstić information content (AvgIpc) is 2.12. The van der Waals surface area contributed by atoms with Crippen LogP contribution in [-0.2, 0) is 0 Å². The van der Waals surface area contributed by atoms with Crippen molar-refractivity contribution in [2.75, 3.05) is 0 Å². The van der Waals surface area contributed by atoms with E-state index in [9.17, 15) is 0 Å². The Kier molecular flexibility index (Phi) is 1.81. The zero-order valence-corrected chi connectivity index (χ0v) is 9.50. The van der Waals surface area contributed by atoms with Crippen molar-refractivity contribution < 1.29 is 0 Å². The molecule has 1 heteroatoms. The van der Waals surface area contributed by atoms with E-state index in [2.05, 4.69) is 13.8 Å². The average molecular weight is 193 g/mol. The fourth-order valence-corrected chi connectivity index (χ4v) is 4.83. The highest BCUT2D eigenvalue weighted by atomic mass is 14.8. The van der Waals surface area contributed by atoms with Gasteiger partial charge in [0.05, 0.1) is 0 Å². The second kappa shape index (κ2) is 2.75. The number of rotatable bonds is 1. The van der Waals surface area contributed by atoms with Crippen LogP contribution in [0.1, 0.15) is 46.0 Å². The van der Waals surface area contributed by atoms with Crippen molar-refractivity contribution in [2.45, 2.75) is 52.0 Å². The molecule has 4 aliphatic carbocycles. The molecule has 0 saturated heterocycles. The molecule has 0 aliphatic heterocycles. The molecule has 0 aromatic heterocycles. The molecule has 1 nitrogen and oxygen atoms in total. The van der Waals surface area contributed by atoms with E-state index >= 15 is 0 Å². The molecule has 0 heterocycles. The summed E-state index contributed by atoms with van der Waals surface area (Å²) < 4.78 is 0. The van der Waals surface area contributed by atoms with Crippen LogP contribution in [0.3, 0.4) is 0 Å². The first-order valence-electron chi connectivity index (χ1n) is 6.36. The first kappa shape index (κ1) is 9.21. The van der Waals surface area contributed by atoms with Crippen LogP contribution in [0.2, 0.25) is 0 Å². The van der Waals surface area contributed by atoms with Crippen molar-refractivity contribution in [3.05, 3.63) is 0 Å². The molecule has 80 valence electrons. The standard InChI is InChI=1S/C13H23N/c1-8(2)13-5-9-3-10(6-13)12(14)11(4-9)7-13/h8-12H,3-7,14H2,1-2H3/t9?,10-,11+,12?,13?. The Bertz CT molecular complexity index is 230. The first-order valence-corrected chi connectivity index (χ1v) is 6.36. The maximum atomic E-state index is 6.33. The van der Waals surface area contributed by atoms with Gasteiger partial charge in [0.2, 0.25) is 0 Å². The minimum atomic E-state index is 0.554. The summed E-state index contributed by atoms with van der Waals surface area (Å²) in [6.45, 7) is 4.86. The molecule has 3 unspecified atom stereocenters. The highest BCUT2D eigenvalue weighted by Gasteiger charge is 2.55. The molecule has 0 spiro atoms. The van der Waals surface area contributed by atoms with Gasteiger partial charge < -0.3 is 5.73 Å². The van der Waals surface area contributed by atoms with Crippen molar-refractivity contribution in [2.24, 2.45) is 34.8 Å². The Morgan fingerprint density at radius 2 is 1.64 bits per heavy atom. The van der Waals surface area contributed by atoms with Gasteiger partial charge in [-0.1, -0.05) is 13.8 Å². The molecule has 2 N–H and O–H groups in total. The third-order valence-electron chi connectivity index (χ3n) is 5.62. The van der Waals surface area contributed by atoms with E-state index < -0.39 is 0 Å². The van der Waals surface area contributed by atoms with Crippen LogP contribution in [0.5, 0.6) is 0 Å². The first-order chi connectivity index (χ1) is 6.61. The van der Waals surface area contributed by atoms with Crippen LogP contribution in [-0.4, -0.2) is 6.04 Å². The highest BCUT2D eigenvalue weighted by Crippen LogP contribution is 2.62. The molecule has 0 aromatic rings. The van der Waals surface area contributed by atoms with E-state index in [1.165, 1.54) is 32.1 Å². The SMILES string of the molecule is CC(C)C12CC3C[C@H](C1)C(N)[C@@H](C3)C2. The van der Waals surface area contributed by atoms with Gasteiger partial charge in [0.25, 0.3) is 0 Å². The van der Waals surface area contributed by atoms with Gasteiger partial charge in [-0.15, -0.1) is 0 Å². The molecule has 0 radical (unpaired) electrons. The lowest BCUT2D eigenvalue weighted by atomic mass is 9.45. The van der Waals surface area contributed by atoms with E-state index in [0.29, 0.717) is 11.5 Å². The van der Waals surface area contributed by atoms with Gasteiger partial charge >= 0.3 is 0 Å². The Morgan fingerprint density at radius 1 is 1.07 bits per heavy atom. The Balaban J connectivity index is 1.92. The van der Waals surface area contributed by atoms with Crippen LogP contribution < -0.4 is 5.73 Å². The summed E-state index contributed by atoms with van der Waals surface area (Å²) in [6, 6.07) is 0.554. The second-order valence-corrected chi connectivity index (χ2v) is 6.56. The van der Waals surface area contributed by atoms with Gasteiger partial charge in [-0.05, 0) is 61.2 Å². The minimum absolute atomic E-state index is 0.554. The van der Waals surface area contributed by atoms with Gasteiger partial charge in [0.1, 0.15) is 0 Å². The third-order valence-corrected chi connectivity index (χ3v) is 5.62. The van der Waals surface area contributed by atoms with E-state index in [4.69, 9.17) is 5.73 Å². The molecule has 4 fully saturated rings. The summed E-state index contributed by atoms with van der Waals surface area (Å²) in [5.74, 6) is 3.67. The molecule has 4 rings (SSSR count). The van der Waals surface area contributed by atoms with Gasteiger partial charge in [-0.2, -0.15) is 0 Å². The van der Waals surface area contributed by atoms with Crippen LogP contribution in [0, 0.1) is 29.1 Å². The van der Waals surface area contributed by atoms with Crippen molar-refractivity contribution in [1.29, 1.82) is 0 Å². The quantitative estimate of drug-likeness (QED) is 0.681. The van der Waals surface area contributed by atoms with Crippen LogP contribution in [0.15, 0.2) is 0 Å². The molecule has 4 bridgehead atoms. The number of hydrogen-bond donors (Lipinski definition) is 1. The van der Waals surface area contributed by atoms with Crippen LogP contribution >= 0.6 is 0 Å². The smallest absolute Gasteiger partial charge is 0.00962 e. The molecule has 14 heavy (non-hydrogen) atoms. The molecule has 4 saturated carbocycles. The molecule has 0 aromatic carbocycles. The van der Waals surface area contributed by atoms with Gasteiger partial charge in [0.15, 0.2) is 0 Å². The Hall–Kier alpha value is -0.0400. The van der Waals surface area contributed by atoms with E-state index in [1.54, 1.807) is 0 Å². The molecular weight excluding hydrogens is 170 g/mol. The van der Waals surface area contributed by atoms with Crippen molar-refractivity contribution in [3.63, 3.8) is 0 Å². The lowest BCUT2D eigenvalue weighted by Crippen LogP contribution is -2.58. The lowest BCUT2D eigenvalue weighted by Gasteiger charge is -2.61. The summed E-state index contributed by atoms with van der Waals surface area (Å²) in [5, 5.41) is 0. The van der Waals surface area contributed by atoms with Crippen molar-refractivity contribution >= 4 is 0 Å². The van der Waals surface area contributed by atoms with Crippen LogP contribution in [0.25, 0.3) is 0 Å². The second-order valence-electron chi connectivity index (χ2n) is 6.56. The highest BCUT2D eigenvalue weighted by molar-refractivity contribution is 5.07. The van der Waals surface area contributed by atoms with E-state index in [1.807, 2.05) is 0 Å². The zero-order valence-electron chi connectivity index (χ0n) is 9.50. The largest absolute Gasteiger partial charge is 0.327 e. The summed E-state index contributed by atoms with van der Waals surface area (Å²) in [4.78, 5) is 0. The molecule has 5 atom stereocenters. The fraction of sp³-hybridized carbons (Fsp3) is 1.00. The summed E-state index contributed by atoms with van der Waals surface area (Å²) >= 11 is 0.